The summed E-state index contributed by atoms with van der Waals surface area (Å²) in [7, 11) is 3.54. The second kappa shape index (κ2) is 9.64. The number of hydrogen-bond acceptors (Lipinski definition) is 4. The van der Waals surface area contributed by atoms with Crippen LogP contribution in [0.15, 0.2) is 39.7 Å². The third-order valence-corrected chi connectivity index (χ3v) is 5.36. The first-order valence-corrected chi connectivity index (χ1v) is 9.99. The average molecular weight is 385 g/mol. The van der Waals surface area contributed by atoms with Crippen LogP contribution in [-0.2, 0) is 6.54 Å². The molecule has 1 aromatic carbocycles. The number of rotatable bonds is 7. The Bertz CT molecular complexity index is 794. The van der Waals surface area contributed by atoms with Gasteiger partial charge in [-0.1, -0.05) is 18.2 Å². The second-order valence-corrected chi connectivity index (χ2v) is 7.25. The first kappa shape index (κ1) is 20.3. The topological polar surface area (TPSA) is 62.0 Å². The van der Waals surface area contributed by atoms with Gasteiger partial charge in [-0.2, -0.15) is 0 Å². The number of ether oxygens (including phenoxy) is 1. The molecule has 6 heteroatoms. The molecular formula is C22H32N4O2. The summed E-state index contributed by atoms with van der Waals surface area (Å²) in [5.74, 6) is 3.61. The van der Waals surface area contributed by atoms with Crippen LogP contribution in [0.4, 0.5) is 0 Å². The maximum absolute atomic E-state index is 5.63. The number of benzene rings is 1. The molecule has 1 aliphatic heterocycles. The Morgan fingerprint density at radius 1 is 1.21 bits per heavy atom. The number of nitrogens with one attached hydrogen (secondary N) is 2. The summed E-state index contributed by atoms with van der Waals surface area (Å²) >= 11 is 0. The molecule has 152 valence electrons. The van der Waals surface area contributed by atoms with Crippen molar-refractivity contribution in [1.29, 1.82) is 0 Å². The number of aryl methyl sites for hydroxylation is 2. The number of likely N-dealkylation sites (tertiary alicyclic amines) is 1. The molecule has 0 aliphatic carbocycles. The quantitative estimate of drug-likeness (QED) is 0.566. The van der Waals surface area contributed by atoms with E-state index in [9.17, 15) is 0 Å². The number of para-hydroxylation sites is 1. The molecule has 0 radical (unpaired) electrons. The van der Waals surface area contributed by atoms with Gasteiger partial charge in [-0.25, -0.2) is 0 Å². The first-order valence-electron chi connectivity index (χ1n) is 9.99. The molecular weight excluding hydrogens is 352 g/mol. The minimum atomic E-state index is 0.245. The molecule has 1 aromatic heterocycles. The van der Waals surface area contributed by atoms with Crippen molar-refractivity contribution in [2.45, 2.75) is 39.3 Å². The van der Waals surface area contributed by atoms with E-state index in [1.54, 1.807) is 14.2 Å². The highest BCUT2D eigenvalue weighted by molar-refractivity contribution is 5.79. The zero-order chi connectivity index (χ0) is 19.9. The van der Waals surface area contributed by atoms with E-state index in [1.807, 2.05) is 26.0 Å². The highest BCUT2D eigenvalue weighted by Crippen LogP contribution is 2.31. The molecule has 1 fully saturated rings. The Hall–Kier alpha value is -2.47. The molecule has 28 heavy (non-hydrogen) atoms. The van der Waals surface area contributed by atoms with Gasteiger partial charge in [-0.15, -0.1) is 0 Å². The van der Waals surface area contributed by atoms with E-state index in [-0.39, 0.29) is 6.04 Å². The Labute approximate surface area is 168 Å². The summed E-state index contributed by atoms with van der Waals surface area (Å²) < 4.78 is 11.2. The molecule has 6 nitrogen and oxygen atoms in total. The van der Waals surface area contributed by atoms with Gasteiger partial charge in [0.2, 0.25) is 0 Å². The largest absolute Gasteiger partial charge is 0.496 e. The van der Waals surface area contributed by atoms with Crippen molar-refractivity contribution >= 4 is 5.96 Å². The minimum absolute atomic E-state index is 0.245. The molecule has 2 aromatic rings. The normalized spacial score (nSPS) is 16.2. The molecule has 1 saturated heterocycles. The highest BCUT2D eigenvalue weighted by atomic mass is 16.5. The van der Waals surface area contributed by atoms with E-state index in [2.05, 4.69) is 38.7 Å². The van der Waals surface area contributed by atoms with Crippen molar-refractivity contribution in [3.8, 4) is 5.75 Å². The summed E-state index contributed by atoms with van der Waals surface area (Å²) in [6.07, 6.45) is 2.50. The Balaban J connectivity index is 1.67. The van der Waals surface area contributed by atoms with Gasteiger partial charge in [0.25, 0.3) is 0 Å². The highest BCUT2D eigenvalue weighted by Gasteiger charge is 2.26. The maximum Gasteiger partial charge on any atom is 0.191 e. The van der Waals surface area contributed by atoms with E-state index in [4.69, 9.17) is 9.15 Å². The van der Waals surface area contributed by atoms with Crippen LogP contribution in [0.25, 0.3) is 0 Å². The van der Waals surface area contributed by atoms with Crippen molar-refractivity contribution in [3.63, 3.8) is 0 Å². The number of aliphatic imine (C=N–C) groups is 1. The van der Waals surface area contributed by atoms with Gasteiger partial charge in [0.15, 0.2) is 5.96 Å². The summed E-state index contributed by atoms with van der Waals surface area (Å²) in [4.78, 5) is 6.92. The zero-order valence-corrected chi connectivity index (χ0v) is 17.4. The third kappa shape index (κ3) is 4.87. The summed E-state index contributed by atoms with van der Waals surface area (Å²) in [6, 6.07) is 10.6. The van der Waals surface area contributed by atoms with Crippen LogP contribution >= 0.6 is 0 Å². The van der Waals surface area contributed by atoms with Crippen molar-refractivity contribution < 1.29 is 9.15 Å². The fourth-order valence-electron chi connectivity index (χ4n) is 3.88. The number of guanidine groups is 1. The van der Waals surface area contributed by atoms with Crippen molar-refractivity contribution in [3.05, 3.63) is 53.0 Å². The maximum atomic E-state index is 5.63. The molecule has 0 spiro atoms. The van der Waals surface area contributed by atoms with Gasteiger partial charge in [-0.05, 0) is 51.9 Å². The molecule has 1 unspecified atom stereocenters. The van der Waals surface area contributed by atoms with Crippen LogP contribution in [0, 0.1) is 13.8 Å². The smallest absolute Gasteiger partial charge is 0.191 e. The predicted molar refractivity (Wildman–Crippen MR) is 113 cm³/mol. The van der Waals surface area contributed by atoms with Crippen molar-refractivity contribution in [2.75, 3.05) is 33.8 Å². The van der Waals surface area contributed by atoms with Gasteiger partial charge in [0.1, 0.15) is 17.3 Å². The monoisotopic (exact) mass is 384 g/mol. The molecule has 1 aliphatic rings. The molecule has 3 rings (SSSR count). The Kier molecular flexibility index (Phi) is 6.98. The van der Waals surface area contributed by atoms with Gasteiger partial charge < -0.3 is 19.8 Å². The van der Waals surface area contributed by atoms with Crippen LogP contribution in [0.5, 0.6) is 5.75 Å². The third-order valence-electron chi connectivity index (χ3n) is 5.36. The van der Waals surface area contributed by atoms with Crippen LogP contribution in [0.2, 0.25) is 0 Å². The van der Waals surface area contributed by atoms with Crippen LogP contribution in [-0.4, -0.2) is 44.7 Å². The van der Waals surface area contributed by atoms with E-state index >= 15 is 0 Å². The Morgan fingerprint density at radius 2 is 1.96 bits per heavy atom. The zero-order valence-electron chi connectivity index (χ0n) is 17.4. The van der Waals surface area contributed by atoms with Crippen molar-refractivity contribution in [1.82, 2.24) is 15.5 Å². The standard InChI is InChI=1S/C22H32N4O2/c1-16-13-18(17(2)28-16)14-24-22(23-3)25-15-20(26-11-7-8-12-26)19-9-5-6-10-21(19)27-4/h5-6,9-10,13,20H,7-8,11-12,14-15H2,1-4H3,(H2,23,24,25). The molecule has 0 saturated carbocycles. The number of methoxy groups -OCH3 is 1. The molecule has 2 N–H and O–H groups in total. The SMILES string of the molecule is CN=C(NCc1cc(C)oc1C)NCC(c1ccccc1OC)N1CCCC1. The lowest BCUT2D eigenvalue weighted by Gasteiger charge is -2.30. The first-order chi connectivity index (χ1) is 13.6. The van der Waals surface area contributed by atoms with Crippen molar-refractivity contribution in [2.24, 2.45) is 4.99 Å². The lowest BCUT2D eigenvalue weighted by Crippen LogP contribution is -2.42. The van der Waals surface area contributed by atoms with E-state index in [0.29, 0.717) is 6.54 Å². The van der Waals surface area contributed by atoms with Crippen LogP contribution in [0.1, 0.15) is 41.5 Å². The van der Waals surface area contributed by atoms with E-state index in [1.165, 1.54) is 18.4 Å². The molecule has 1 atom stereocenters. The van der Waals surface area contributed by atoms with Gasteiger partial charge in [0, 0.05) is 31.3 Å². The second-order valence-electron chi connectivity index (χ2n) is 7.25. The molecule has 0 amide bonds. The lowest BCUT2D eigenvalue weighted by atomic mass is 10.0. The summed E-state index contributed by atoms with van der Waals surface area (Å²) in [5.41, 5.74) is 2.37. The van der Waals surface area contributed by atoms with Gasteiger partial charge in [-0.3, -0.25) is 9.89 Å². The summed E-state index contributed by atoms with van der Waals surface area (Å²) in [5, 5.41) is 6.90. The average Bonchev–Trinajstić information content (AvgIpc) is 3.34. The van der Waals surface area contributed by atoms with Crippen LogP contribution in [0.3, 0.4) is 0 Å². The van der Waals surface area contributed by atoms with E-state index in [0.717, 1.165) is 48.4 Å². The predicted octanol–water partition coefficient (Wildman–Crippen LogP) is 3.41. The molecule has 0 bridgehead atoms. The fourth-order valence-corrected chi connectivity index (χ4v) is 3.88. The lowest BCUT2D eigenvalue weighted by molar-refractivity contribution is 0.239. The van der Waals surface area contributed by atoms with E-state index < -0.39 is 0 Å². The number of furan rings is 1. The molecule has 2 heterocycles. The van der Waals surface area contributed by atoms with Gasteiger partial charge >= 0.3 is 0 Å². The Morgan fingerprint density at radius 3 is 2.61 bits per heavy atom. The van der Waals surface area contributed by atoms with Crippen LogP contribution < -0.4 is 15.4 Å². The number of hydrogen-bond donors (Lipinski definition) is 2. The minimum Gasteiger partial charge on any atom is -0.496 e. The fraction of sp³-hybridized carbons (Fsp3) is 0.500. The van der Waals surface area contributed by atoms with Gasteiger partial charge in [0.05, 0.1) is 13.2 Å². The summed E-state index contributed by atoms with van der Waals surface area (Å²) in [6.45, 7) is 7.64. The number of nitrogens with zero attached hydrogens (tertiary/aromatic N) is 2.